The van der Waals surface area contributed by atoms with Gasteiger partial charge in [0.1, 0.15) is 0 Å². The van der Waals surface area contributed by atoms with Crippen LogP contribution in [-0.2, 0) is 0 Å². The molecule has 0 aliphatic rings. The van der Waals surface area contributed by atoms with Gasteiger partial charge in [-0.25, -0.2) is 0 Å². The van der Waals surface area contributed by atoms with E-state index in [0.29, 0.717) is 6.04 Å². The van der Waals surface area contributed by atoms with Crippen molar-refractivity contribution < 1.29 is 5.11 Å². The number of aryl methyl sites for hydroxylation is 1. The molecule has 1 aromatic rings. The average molecular weight is 263 g/mol. The van der Waals surface area contributed by atoms with Crippen LogP contribution in [0.4, 0.5) is 0 Å². The zero-order valence-corrected chi connectivity index (χ0v) is 12.9. The van der Waals surface area contributed by atoms with Crippen LogP contribution < -0.4 is 0 Å². The van der Waals surface area contributed by atoms with Crippen molar-refractivity contribution in [3.05, 3.63) is 35.4 Å². The maximum absolute atomic E-state index is 10.4. The van der Waals surface area contributed by atoms with Crippen LogP contribution >= 0.6 is 0 Å². The summed E-state index contributed by atoms with van der Waals surface area (Å²) in [7, 11) is 0. The minimum Gasteiger partial charge on any atom is -0.387 e. The molecule has 0 saturated carbocycles. The molecule has 0 fully saturated rings. The van der Waals surface area contributed by atoms with Gasteiger partial charge in [-0.1, -0.05) is 50.1 Å². The Morgan fingerprint density at radius 1 is 1.16 bits per heavy atom. The fraction of sp³-hybridized carbons (Fsp3) is 0.647. The van der Waals surface area contributed by atoms with Crippen molar-refractivity contribution in [1.82, 2.24) is 4.90 Å². The summed E-state index contributed by atoms with van der Waals surface area (Å²) in [6.45, 7) is 10.6. The molecule has 2 heteroatoms. The van der Waals surface area contributed by atoms with Crippen molar-refractivity contribution in [1.29, 1.82) is 0 Å². The predicted molar refractivity (Wildman–Crippen MR) is 82.4 cm³/mol. The molecule has 0 aliphatic heterocycles. The summed E-state index contributed by atoms with van der Waals surface area (Å²) in [5, 5.41) is 10.4. The standard InChI is InChI=1S/C17H29NO/c1-5-7-12-18(15(4)6-2)13-17(19)16-10-8-14(3)9-11-16/h8-11,15,17,19H,5-7,12-13H2,1-4H3. The molecule has 0 heterocycles. The smallest absolute Gasteiger partial charge is 0.0917 e. The molecule has 0 aliphatic carbocycles. The van der Waals surface area contributed by atoms with Crippen LogP contribution in [0.2, 0.25) is 0 Å². The van der Waals surface area contributed by atoms with Crippen molar-refractivity contribution in [2.45, 2.75) is 59.1 Å². The van der Waals surface area contributed by atoms with Gasteiger partial charge in [-0.15, -0.1) is 0 Å². The fourth-order valence-electron chi connectivity index (χ4n) is 2.23. The van der Waals surface area contributed by atoms with E-state index in [1.807, 2.05) is 12.1 Å². The molecule has 2 unspecified atom stereocenters. The van der Waals surface area contributed by atoms with Gasteiger partial charge in [0.25, 0.3) is 0 Å². The third kappa shape index (κ3) is 5.33. The lowest BCUT2D eigenvalue weighted by Crippen LogP contribution is -2.36. The molecule has 0 amide bonds. The molecule has 2 nitrogen and oxygen atoms in total. The first kappa shape index (κ1) is 16.2. The number of aliphatic hydroxyl groups excluding tert-OH is 1. The molecule has 1 N–H and O–H groups in total. The SMILES string of the molecule is CCCCN(CC(O)c1ccc(C)cc1)C(C)CC. The lowest BCUT2D eigenvalue weighted by atomic mass is 10.1. The molecule has 0 aromatic heterocycles. The lowest BCUT2D eigenvalue weighted by molar-refractivity contribution is 0.0887. The summed E-state index contributed by atoms with van der Waals surface area (Å²) < 4.78 is 0. The number of aliphatic hydroxyl groups is 1. The normalized spacial score (nSPS) is 14.6. The van der Waals surface area contributed by atoms with Crippen molar-refractivity contribution >= 4 is 0 Å². The monoisotopic (exact) mass is 263 g/mol. The minimum absolute atomic E-state index is 0.383. The van der Waals surface area contributed by atoms with Crippen molar-refractivity contribution in [3.8, 4) is 0 Å². The fourth-order valence-corrected chi connectivity index (χ4v) is 2.23. The number of hydrogen-bond donors (Lipinski definition) is 1. The molecule has 19 heavy (non-hydrogen) atoms. The van der Waals surface area contributed by atoms with E-state index in [0.717, 1.165) is 25.1 Å². The van der Waals surface area contributed by atoms with Crippen molar-refractivity contribution in [2.75, 3.05) is 13.1 Å². The van der Waals surface area contributed by atoms with Gasteiger partial charge in [0.2, 0.25) is 0 Å². The maximum Gasteiger partial charge on any atom is 0.0917 e. The highest BCUT2D eigenvalue weighted by molar-refractivity contribution is 5.23. The second-order valence-corrected chi connectivity index (χ2v) is 5.53. The van der Waals surface area contributed by atoms with Crippen molar-refractivity contribution in [2.24, 2.45) is 0 Å². The third-order valence-electron chi connectivity index (χ3n) is 3.88. The first-order valence-electron chi connectivity index (χ1n) is 7.57. The van der Waals surface area contributed by atoms with E-state index in [2.05, 4.69) is 44.7 Å². The summed E-state index contributed by atoms with van der Waals surface area (Å²) in [6, 6.07) is 8.74. The Hall–Kier alpha value is -0.860. The zero-order chi connectivity index (χ0) is 14.3. The van der Waals surface area contributed by atoms with Gasteiger partial charge in [-0.05, 0) is 38.8 Å². The highest BCUT2D eigenvalue weighted by Gasteiger charge is 2.17. The molecule has 0 spiro atoms. The highest BCUT2D eigenvalue weighted by atomic mass is 16.3. The van der Waals surface area contributed by atoms with Gasteiger partial charge in [0, 0.05) is 12.6 Å². The van der Waals surface area contributed by atoms with Crippen molar-refractivity contribution in [3.63, 3.8) is 0 Å². The van der Waals surface area contributed by atoms with Crippen LogP contribution in [0.5, 0.6) is 0 Å². The topological polar surface area (TPSA) is 23.5 Å². The van der Waals surface area contributed by atoms with Crippen LogP contribution in [0.3, 0.4) is 0 Å². The predicted octanol–water partition coefficient (Wildman–Crippen LogP) is 3.93. The summed E-state index contributed by atoms with van der Waals surface area (Å²) in [5.41, 5.74) is 2.26. The Bertz CT molecular complexity index is 347. The third-order valence-corrected chi connectivity index (χ3v) is 3.88. The van der Waals surface area contributed by atoms with E-state index in [4.69, 9.17) is 0 Å². The van der Waals surface area contributed by atoms with E-state index >= 15 is 0 Å². The van der Waals surface area contributed by atoms with Gasteiger partial charge in [0.15, 0.2) is 0 Å². The van der Waals surface area contributed by atoms with E-state index in [-0.39, 0.29) is 6.10 Å². The summed E-state index contributed by atoms with van der Waals surface area (Å²) >= 11 is 0. The van der Waals surface area contributed by atoms with Crippen LogP contribution in [0.1, 0.15) is 57.3 Å². The Labute approximate surface area is 118 Å². The van der Waals surface area contributed by atoms with Crippen LogP contribution in [0.25, 0.3) is 0 Å². The van der Waals surface area contributed by atoms with Crippen LogP contribution in [0, 0.1) is 6.92 Å². The Morgan fingerprint density at radius 3 is 2.32 bits per heavy atom. The lowest BCUT2D eigenvalue weighted by Gasteiger charge is -2.30. The quantitative estimate of drug-likeness (QED) is 0.768. The molecule has 1 aromatic carbocycles. The number of nitrogens with zero attached hydrogens (tertiary/aromatic N) is 1. The van der Waals surface area contributed by atoms with Gasteiger partial charge in [-0.3, -0.25) is 4.90 Å². The largest absolute Gasteiger partial charge is 0.387 e. The number of unbranched alkanes of at least 4 members (excludes halogenated alkanes) is 1. The minimum atomic E-state index is -0.383. The van der Waals surface area contributed by atoms with Gasteiger partial charge in [0.05, 0.1) is 6.10 Å². The maximum atomic E-state index is 10.4. The first-order chi connectivity index (χ1) is 9.08. The molecular weight excluding hydrogens is 234 g/mol. The molecule has 0 bridgehead atoms. The second kappa shape index (κ2) is 8.34. The number of rotatable bonds is 8. The van der Waals surface area contributed by atoms with E-state index in [1.165, 1.54) is 18.4 Å². The van der Waals surface area contributed by atoms with Gasteiger partial charge >= 0.3 is 0 Å². The number of benzene rings is 1. The summed E-state index contributed by atoms with van der Waals surface area (Å²) in [4.78, 5) is 2.41. The van der Waals surface area contributed by atoms with Gasteiger partial charge < -0.3 is 5.11 Å². The van der Waals surface area contributed by atoms with E-state index in [1.54, 1.807) is 0 Å². The van der Waals surface area contributed by atoms with E-state index < -0.39 is 0 Å². The average Bonchev–Trinajstić information content (AvgIpc) is 2.43. The molecular formula is C17H29NO. The zero-order valence-electron chi connectivity index (χ0n) is 12.9. The molecule has 0 radical (unpaired) electrons. The van der Waals surface area contributed by atoms with Crippen LogP contribution in [0.15, 0.2) is 24.3 Å². The summed E-state index contributed by atoms with van der Waals surface area (Å²) in [6.07, 6.45) is 3.15. The molecule has 1 rings (SSSR count). The molecule has 0 saturated heterocycles. The molecule has 2 atom stereocenters. The van der Waals surface area contributed by atoms with Gasteiger partial charge in [-0.2, -0.15) is 0 Å². The number of hydrogen-bond acceptors (Lipinski definition) is 2. The highest BCUT2D eigenvalue weighted by Crippen LogP contribution is 2.17. The Morgan fingerprint density at radius 2 is 1.79 bits per heavy atom. The first-order valence-corrected chi connectivity index (χ1v) is 7.57. The van der Waals surface area contributed by atoms with E-state index in [9.17, 15) is 5.11 Å². The molecule has 108 valence electrons. The second-order valence-electron chi connectivity index (χ2n) is 5.53. The van der Waals surface area contributed by atoms with Crippen LogP contribution in [-0.4, -0.2) is 29.1 Å². The Balaban J connectivity index is 2.63. The summed E-state index contributed by atoms with van der Waals surface area (Å²) in [5.74, 6) is 0. The Kier molecular flexibility index (Phi) is 7.11.